The molecule has 1 amide bonds. The number of nitrogens with one attached hydrogen (secondary N) is 1. The number of halogens is 5. The predicted molar refractivity (Wildman–Crippen MR) is 76.8 cm³/mol. The Morgan fingerprint density at radius 1 is 1.35 bits per heavy atom. The molecule has 8 heteroatoms. The maximum absolute atomic E-state index is 12.9. The van der Waals surface area contributed by atoms with E-state index in [1.807, 2.05) is 0 Å². The molecule has 2 atom stereocenters. The van der Waals surface area contributed by atoms with E-state index >= 15 is 0 Å². The van der Waals surface area contributed by atoms with Crippen molar-refractivity contribution in [1.82, 2.24) is 5.32 Å². The summed E-state index contributed by atoms with van der Waals surface area (Å²) in [5, 5.41) is 2.56. The van der Waals surface area contributed by atoms with E-state index < -0.39 is 36.5 Å². The van der Waals surface area contributed by atoms with Crippen LogP contribution in [0.1, 0.15) is 25.7 Å². The first-order chi connectivity index (χ1) is 10.8. The molecule has 3 nitrogen and oxygen atoms in total. The van der Waals surface area contributed by atoms with Crippen LogP contribution < -0.4 is 10.1 Å². The summed E-state index contributed by atoms with van der Waals surface area (Å²) in [5.74, 6) is -2.31. The second-order valence-electron chi connectivity index (χ2n) is 5.53. The van der Waals surface area contributed by atoms with Crippen LogP contribution in [0, 0.1) is 11.7 Å². The van der Waals surface area contributed by atoms with Gasteiger partial charge in [-0.05, 0) is 37.5 Å². The fourth-order valence-electron chi connectivity index (χ4n) is 2.62. The molecule has 0 aromatic heterocycles. The molecule has 1 aliphatic rings. The van der Waals surface area contributed by atoms with Crippen LogP contribution in [0.25, 0.3) is 0 Å². The Hall–Kier alpha value is -1.50. The lowest BCUT2D eigenvalue weighted by atomic mass is 9.85. The summed E-state index contributed by atoms with van der Waals surface area (Å²) in [5.41, 5.74) is 0. The summed E-state index contributed by atoms with van der Waals surface area (Å²) in [6.45, 7) is -0.390. The largest absolute Gasteiger partial charge is 0.482 e. The Labute approximate surface area is 136 Å². The first-order valence-corrected chi connectivity index (χ1v) is 7.57. The van der Waals surface area contributed by atoms with E-state index in [2.05, 4.69) is 5.32 Å². The fraction of sp³-hybridized carbons (Fsp3) is 0.533. The molecule has 1 saturated carbocycles. The van der Waals surface area contributed by atoms with E-state index in [-0.39, 0.29) is 23.6 Å². The topological polar surface area (TPSA) is 38.3 Å². The smallest absolute Gasteiger partial charge is 0.391 e. The lowest BCUT2D eigenvalue weighted by molar-refractivity contribution is -0.184. The van der Waals surface area contributed by atoms with Crippen LogP contribution in [0.2, 0.25) is 5.02 Å². The van der Waals surface area contributed by atoms with E-state index in [4.69, 9.17) is 16.3 Å². The lowest BCUT2D eigenvalue weighted by Gasteiger charge is -2.31. The monoisotopic (exact) mass is 353 g/mol. The third-order valence-electron chi connectivity index (χ3n) is 3.75. The van der Waals surface area contributed by atoms with Gasteiger partial charge in [-0.3, -0.25) is 4.79 Å². The number of hydrogen-bond donors (Lipinski definition) is 1. The summed E-state index contributed by atoms with van der Waals surface area (Å²) in [7, 11) is 0. The second-order valence-corrected chi connectivity index (χ2v) is 5.94. The highest BCUT2D eigenvalue weighted by Crippen LogP contribution is 2.37. The van der Waals surface area contributed by atoms with E-state index in [0.29, 0.717) is 12.8 Å². The quantitative estimate of drug-likeness (QED) is 0.828. The zero-order valence-electron chi connectivity index (χ0n) is 12.1. The van der Waals surface area contributed by atoms with Crippen molar-refractivity contribution < 1.29 is 27.1 Å². The minimum atomic E-state index is -4.23. The molecular weight excluding hydrogens is 338 g/mol. The van der Waals surface area contributed by atoms with Crippen molar-refractivity contribution in [3.63, 3.8) is 0 Å². The third kappa shape index (κ3) is 5.27. The van der Waals surface area contributed by atoms with Crippen LogP contribution in [0.15, 0.2) is 18.2 Å². The second kappa shape index (κ2) is 7.38. The molecule has 128 valence electrons. The molecule has 1 aromatic carbocycles. The highest BCUT2D eigenvalue weighted by Gasteiger charge is 2.42. The van der Waals surface area contributed by atoms with Gasteiger partial charge in [0.25, 0.3) is 5.91 Å². The minimum absolute atomic E-state index is 0.0209. The van der Waals surface area contributed by atoms with Crippen molar-refractivity contribution in [1.29, 1.82) is 0 Å². The number of amides is 1. The molecule has 23 heavy (non-hydrogen) atoms. The standard InChI is InChI=1S/C15H16ClF4NO2/c16-12-7-10(17)4-5-13(12)23-8-14(22)21-11-3-1-2-9(6-11)15(18,19)20/h4-5,7,9,11H,1-3,6,8H2,(H,21,22)/t9-,11+/m1/s1. The van der Waals surface area contributed by atoms with Gasteiger partial charge in [0.15, 0.2) is 6.61 Å². The van der Waals surface area contributed by atoms with Crippen LogP contribution in [0.4, 0.5) is 17.6 Å². The van der Waals surface area contributed by atoms with Gasteiger partial charge in [-0.25, -0.2) is 4.39 Å². The minimum Gasteiger partial charge on any atom is -0.482 e. The number of benzene rings is 1. The Morgan fingerprint density at radius 2 is 2.09 bits per heavy atom. The molecule has 1 aromatic rings. The number of alkyl halides is 3. The molecule has 0 radical (unpaired) electrons. The molecule has 0 saturated heterocycles. The van der Waals surface area contributed by atoms with Crippen LogP contribution >= 0.6 is 11.6 Å². The number of ether oxygens (including phenoxy) is 1. The Morgan fingerprint density at radius 3 is 2.74 bits per heavy atom. The molecule has 2 rings (SSSR count). The summed E-state index contributed by atoms with van der Waals surface area (Å²) in [4.78, 5) is 11.8. The first-order valence-electron chi connectivity index (χ1n) is 7.19. The molecule has 0 heterocycles. The summed E-state index contributed by atoms with van der Waals surface area (Å²) in [6.07, 6.45) is -3.33. The van der Waals surface area contributed by atoms with Crippen molar-refractivity contribution in [3.05, 3.63) is 29.0 Å². The SMILES string of the molecule is O=C(COc1ccc(F)cc1Cl)N[C@H]1CCC[C@@H](C(F)(F)F)C1. The van der Waals surface area contributed by atoms with E-state index in [1.165, 1.54) is 6.07 Å². The Kier molecular flexibility index (Phi) is 5.73. The molecule has 1 fully saturated rings. The summed E-state index contributed by atoms with van der Waals surface area (Å²) in [6, 6.07) is 2.94. The zero-order chi connectivity index (χ0) is 17.0. The van der Waals surface area contributed by atoms with Gasteiger partial charge in [0.2, 0.25) is 0 Å². The number of hydrogen-bond acceptors (Lipinski definition) is 2. The molecule has 0 unspecified atom stereocenters. The maximum atomic E-state index is 12.9. The van der Waals surface area contributed by atoms with Crippen molar-refractivity contribution in [2.45, 2.75) is 37.9 Å². The average molecular weight is 354 g/mol. The highest BCUT2D eigenvalue weighted by atomic mass is 35.5. The van der Waals surface area contributed by atoms with Crippen LogP contribution in [-0.2, 0) is 4.79 Å². The van der Waals surface area contributed by atoms with E-state index in [0.717, 1.165) is 12.1 Å². The first kappa shape index (κ1) is 17.8. The van der Waals surface area contributed by atoms with Gasteiger partial charge >= 0.3 is 6.18 Å². The van der Waals surface area contributed by atoms with Gasteiger partial charge in [0.1, 0.15) is 11.6 Å². The fourth-order valence-corrected chi connectivity index (χ4v) is 2.84. The predicted octanol–water partition coefficient (Wildman–Crippen LogP) is 4.10. The zero-order valence-corrected chi connectivity index (χ0v) is 12.9. The van der Waals surface area contributed by atoms with Crippen molar-refractivity contribution in [3.8, 4) is 5.75 Å². The number of carbonyl (C=O) groups excluding carboxylic acids is 1. The van der Waals surface area contributed by atoms with E-state index in [1.54, 1.807) is 0 Å². The maximum Gasteiger partial charge on any atom is 0.391 e. The van der Waals surface area contributed by atoms with E-state index in [9.17, 15) is 22.4 Å². The Balaban J connectivity index is 1.82. The van der Waals surface area contributed by atoms with Crippen molar-refractivity contribution in [2.24, 2.45) is 5.92 Å². The molecule has 1 N–H and O–H groups in total. The molecule has 1 aliphatic carbocycles. The van der Waals surface area contributed by atoms with Gasteiger partial charge in [-0.2, -0.15) is 13.2 Å². The third-order valence-corrected chi connectivity index (χ3v) is 4.05. The molecule has 0 bridgehead atoms. The van der Waals surface area contributed by atoms with Gasteiger partial charge in [-0.15, -0.1) is 0 Å². The summed E-state index contributed by atoms with van der Waals surface area (Å²) >= 11 is 5.75. The number of carbonyl (C=O) groups is 1. The van der Waals surface area contributed by atoms with Gasteiger partial charge < -0.3 is 10.1 Å². The van der Waals surface area contributed by atoms with Crippen LogP contribution in [0.3, 0.4) is 0 Å². The van der Waals surface area contributed by atoms with Crippen LogP contribution in [0.5, 0.6) is 5.75 Å². The Bertz CT molecular complexity index is 565. The van der Waals surface area contributed by atoms with Gasteiger partial charge in [0, 0.05) is 6.04 Å². The van der Waals surface area contributed by atoms with Crippen molar-refractivity contribution in [2.75, 3.05) is 6.61 Å². The van der Waals surface area contributed by atoms with Gasteiger partial charge in [0.05, 0.1) is 10.9 Å². The van der Waals surface area contributed by atoms with Crippen molar-refractivity contribution >= 4 is 17.5 Å². The van der Waals surface area contributed by atoms with Crippen LogP contribution in [-0.4, -0.2) is 24.7 Å². The summed E-state index contributed by atoms with van der Waals surface area (Å²) < 4.78 is 56.2. The number of rotatable bonds is 4. The molecule has 0 spiro atoms. The highest BCUT2D eigenvalue weighted by molar-refractivity contribution is 6.32. The molecule has 0 aliphatic heterocycles. The lowest BCUT2D eigenvalue weighted by Crippen LogP contribution is -2.43. The molecular formula is C15H16ClF4NO2. The average Bonchev–Trinajstić information content (AvgIpc) is 2.45. The van der Waals surface area contributed by atoms with Gasteiger partial charge in [-0.1, -0.05) is 18.0 Å². The normalized spacial score (nSPS) is 21.8.